The summed E-state index contributed by atoms with van der Waals surface area (Å²) in [6.07, 6.45) is -0.970. The minimum absolute atomic E-state index is 0.0348. The number of ether oxygens (including phenoxy) is 2. The third kappa shape index (κ3) is 4.44. The van der Waals surface area contributed by atoms with Gasteiger partial charge in [0.25, 0.3) is 5.17 Å². The molecule has 3 rings (SSSR count). The minimum atomic E-state index is -0.522. The summed E-state index contributed by atoms with van der Waals surface area (Å²) in [6, 6.07) is 4.67. The van der Waals surface area contributed by atoms with Crippen LogP contribution in [0.1, 0.15) is 13.8 Å². The van der Waals surface area contributed by atoms with Gasteiger partial charge in [-0.1, -0.05) is 0 Å². The minimum Gasteiger partial charge on any atom is -0.468 e. The van der Waals surface area contributed by atoms with E-state index in [0.717, 1.165) is 6.54 Å². The van der Waals surface area contributed by atoms with E-state index in [1.807, 2.05) is 25.8 Å². The van der Waals surface area contributed by atoms with E-state index in [4.69, 9.17) is 33.9 Å². The number of nitrogens with zero attached hydrogens (tertiary/aromatic N) is 3. The molecule has 2 saturated heterocycles. The van der Waals surface area contributed by atoms with Gasteiger partial charge in [-0.2, -0.15) is 0 Å². The van der Waals surface area contributed by atoms with Gasteiger partial charge in [-0.3, -0.25) is 4.90 Å². The summed E-state index contributed by atoms with van der Waals surface area (Å²) in [4.78, 5) is 17.3. The zero-order valence-corrected chi connectivity index (χ0v) is 17.6. The first-order valence-electron chi connectivity index (χ1n) is 9.01. The highest BCUT2D eigenvalue weighted by Gasteiger charge is 2.33. The summed E-state index contributed by atoms with van der Waals surface area (Å²) >= 11 is 10.4. The highest BCUT2D eigenvalue weighted by molar-refractivity contribution is 7.80. The van der Waals surface area contributed by atoms with E-state index in [1.165, 1.54) is 11.0 Å². The molecule has 28 heavy (non-hydrogen) atoms. The van der Waals surface area contributed by atoms with Crippen molar-refractivity contribution in [3.63, 3.8) is 0 Å². The van der Waals surface area contributed by atoms with E-state index < -0.39 is 18.0 Å². The van der Waals surface area contributed by atoms with Crippen LogP contribution in [0.25, 0.3) is 0 Å². The smallest absolute Gasteiger partial charge is 0.414 e. The Morgan fingerprint density at radius 2 is 2.14 bits per heavy atom. The second-order valence-electron chi connectivity index (χ2n) is 6.94. The van der Waals surface area contributed by atoms with Gasteiger partial charge in [0.15, 0.2) is 5.11 Å². The van der Waals surface area contributed by atoms with Gasteiger partial charge in [-0.25, -0.2) is 9.18 Å². The molecule has 1 atom stereocenters. The molecular formula is C18H23FN4O3S2. The second kappa shape index (κ2) is 8.44. The molecule has 2 aliphatic rings. The average Bonchev–Trinajstić information content (AvgIpc) is 3.16. The van der Waals surface area contributed by atoms with E-state index in [1.54, 1.807) is 17.0 Å². The van der Waals surface area contributed by atoms with Crippen molar-refractivity contribution in [3.05, 3.63) is 24.0 Å². The lowest BCUT2D eigenvalue weighted by molar-refractivity contribution is 0.140. The molecule has 10 heteroatoms. The monoisotopic (exact) mass is 426 g/mol. The zero-order valence-electron chi connectivity index (χ0n) is 16.0. The molecule has 152 valence electrons. The average molecular weight is 427 g/mol. The van der Waals surface area contributed by atoms with Crippen LogP contribution in [0.15, 0.2) is 18.2 Å². The van der Waals surface area contributed by atoms with E-state index in [0.29, 0.717) is 36.1 Å². The number of carbonyl (C=O) groups excluding carboxylic acids is 1. The maximum absolute atomic E-state index is 14.7. The fourth-order valence-corrected chi connectivity index (χ4v) is 3.60. The Kier molecular flexibility index (Phi) is 6.19. The molecule has 1 aromatic rings. The van der Waals surface area contributed by atoms with Crippen LogP contribution in [0.3, 0.4) is 0 Å². The van der Waals surface area contributed by atoms with Crippen LogP contribution in [0.5, 0.6) is 0 Å². The van der Waals surface area contributed by atoms with Crippen molar-refractivity contribution >= 4 is 52.2 Å². The Morgan fingerprint density at radius 3 is 2.75 bits per heavy atom. The normalized spacial score (nSPS) is 19.5. The van der Waals surface area contributed by atoms with Crippen molar-refractivity contribution < 1.29 is 18.7 Å². The predicted molar refractivity (Wildman–Crippen MR) is 113 cm³/mol. The van der Waals surface area contributed by atoms with E-state index in [9.17, 15) is 9.18 Å². The third-order valence-corrected chi connectivity index (χ3v) is 5.21. The second-order valence-corrected chi connectivity index (χ2v) is 7.68. The Bertz CT molecular complexity index is 792. The molecule has 1 unspecified atom stereocenters. The fourth-order valence-electron chi connectivity index (χ4n) is 3.05. The molecule has 2 aliphatic heterocycles. The molecule has 1 N–H and O–H groups in total. The van der Waals surface area contributed by atoms with Crippen molar-refractivity contribution in [1.29, 1.82) is 0 Å². The zero-order chi connectivity index (χ0) is 20.4. The lowest BCUT2D eigenvalue weighted by atomic mass is 10.2. The molecule has 0 aromatic heterocycles. The lowest BCUT2D eigenvalue weighted by Gasteiger charge is -2.21. The number of nitrogens with one attached hydrogen (secondary N) is 1. The summed E-state index contributed by atoms with van der Waals surface area (Å²) < 4.78 is 25.4. The van der Waals surface area contributed by atoms with Crippen LogP contribution in [0.2, 0.25) is 0 Å². The predicted octanol–water partition coefficient (Wildman–Crippen LogP) is 2.49. The molecule has 0 radical (unpaired) electrons. The lowest BCUT2D eigenvalue weighted by Crippen LogP contribution is -2.35. The summed E-state index contributed by atoms with van der Waals surface area (Å²) in [5.74, 6) is -0.434. The number of rotatable bonds is 5. The van der Waals surface area contributed by atoms with Crippen LogP contribution in [-0.4, -0.2) is 66.7 Å². The number of hydrogen-bond acceptors (Lipinski definition) is 5. The Balaban J connectivity index is 1.64. The van der Waals surface area contributed by atoms with Gasteiger partial charge in [-0.05, 0) is 56.5 Å². The third-order valence-electron chi connectivity index (χ3n) is 4.44. The molecule has 0 saturated carbocycles. The highest BCUT2D eigenvalue weighted by atomic mass is 32.1. The van der Waals surface area contributed by atoms with Gasteiger partial charge in [0.1, 0.15) is 11.9 Å². The van der Waals surface area contributed by atoms with Crippen molar-refractivity contribution in [1.82, 2.24) is 10.2 Å². The first kappa shape index (κ1) is 20.5. The fraction of sp³-hybridized carbons (Fsp3) is 0.500. The summed E-state index contributed by atoms with van der Waals surface area (Å²) in [5.41, 5.74) is 0.841. The Labute approximate surface area is 174 Å². The van der Waals surface area contributed by atoms with Crippen molar-refractivity contribution in [3.8, 4) is 0 Å². The van der Waals surface area contributed by atoms with Crippen LogP contribution in [-0.2, 0) is 9.47 Å². The first-order chi connectivity index (χ1) is 13.3. The number of cyclic esters (lactones) is 1. The quantitative estimate of drug-likeness (QED) is 0.721. The molecule has 0 bridgehead atoms. The summed E-state index contributed by atoms with van der Waals surface area (Å²) in [6.45, 7) is 5.73. The molecular weight excluding hydrogens is 403 g/mol. The molecule has 1 aromatic carbocycles. The van der Waals surface area contributed by atoms with Gasteiger partial charge in [0.2, 0.25) is 0 Å². The van der Waals surface area contributed by atoms with E-state index in [2.05, 4.69) is 5.32 Å². The number of likely N-dealkylation sites (N-methyl/N-ethyl adjacent to an activating group) is 1. The maximum Gasteiger partial charge on any atom is 0.414 e. The highest BCUT2D eigenvalue weighted by Crippen LogP contribution is 2.29. The summed E-state index contributed by atoms with van der Waals surface area (Å²) in [5, 5.41) is 3.76. The number of halogens is 1. The van der Waals surface area contributed by atoms with Crippen LogP contribution < -0.4 is 15.1 Å². The molecule has 2 fully saturated rings. The molecule has 0 spiro atoms. The van der Waals surface area contributed by atoms with E-state index in [-0.39, 0.29) is 11.3 Å². The molecule has 1 amide bonds. The number of amides is 1. The largest absolute Gasteiger partial charge is 0.468 e. The summed E-state index contributed by atoms with van der Waals surface area (Å²) in [7, 11) is 1.88. The molecule has 0 aliphatic carbocycles. The van der Waals surface area contributed by atoms with Crippen molar-refractivity contribution in [2.24, 2.45) is 0 Å². The number of benzene rings is 1. The topological polar surface area (TPSA) is 57.3 Å². The van der Waals surface area contributed by atoms with Gasteiger partial charge >= 0.3 is 6.09 Å². The number of thiocarbonyl (C=S) groups is 2. The standard InChI is InChI=1S/C18H23FN4O3S2/c1-11(2)25-16(27)20-9-13-10-23(18(24)26-13)12-4-5-15(14(19)8-12)22-7-6-21(3)17(22)28/h4-5,8,11,13H,6-7,9-10H2,1-3H3,(H,20,27). The van der Waals surface area contributed by atoms with Crippen LogP contribution >= 0.6 is 24.4 Å². The van der Waals surface area contributed by atoms with Gasteiger partial charge < -0.3 is 24.6 Å². The Hall–Kier alpha value is -2.20. The molecule has 7 nitrogen and oxygen atoms in total. The van der Waals surface area contributed by atoms with Gasteiger partial charge in [-0.15, -0.1) is 0 Å². The number of anilines is 2. The van der Waals surface area contributed by atoms with Crippen LogP contribution in [0.4, 0.5) is 20.6 Å². The van der Waals surface area contributed by atoms with Crippen LogP contribution in [0, 0.1) is 5.82 Å². The van der Waals surface area contributed by atoms with Crippen molar-refractivity contribution in [2.75, 3.05) is 43.0 Å². The Morgan fingerprint density at radius 1 is 1.39 bits per heavy atom. The SMILES string of the molecule is CC(C)OC(=S)NCC1CN(c2ccc(N3CCN(C)C3=S)c(F)c2)C(=O)O1. The van der Waals surface area contributed by atoms with E-state index >= 15 is 0 Å². The van der Waals surface area contributed by atoms with Gasteiger partial charge in [0, 0.05) is 20.1 Å². The first-order valence-corrected chi connectivity index (χ1v) is 9.82. The number of carbonyl (C=O) groups is 1. The van der Waals surface area contributed by atoms with Gasteiger partial charge in [0.05, 0.1) is 30.6 Å². The van der Waals surface area contributed by atoms with Crippen molar-refractivity contribution in [2.45, 2.75) is 26.1 Å². The number of hydrogen-bond donors (Lipinski definition) is 1. The molecule has 2 heterocycles. The maximum atomic E-state index is 14.7.